The van der Waals surface area contributed by atoms with Crippen LogP contribution in [0.2, 0.25) is 0 Å². The summed E-state index contributed by atoms with van der Waals surface area (Å²) in [5.41, 5.74) is 1.03. The predicted molar refractivity (Wildman–Crippen MR) is 121 cm³/mol. The zero-order valence-electron chi connectivity index (χ0n) is 16.2. The van der Waals surface area contributed by atoms with Crippen LogP contribution in [0.15, 0.2) is 36.7 Å². The number of aromatic nitrogens is 3. The minimum atomic E-state index is 0. The number of nitrogens with one attached hydrogen (secondary N) is 2. The Hall–Kier alpha value is -1.71. The number of rotatable bonds is 6. The van der Waals surface area contributed by atoms with Crippen LogP contribution in [-0.2, 0) is 18.3 Å². The summed E-state index contributed by atoms with van der Waals surface area (Å²) in [6.45, 7) is 3.53. The first kappa shape index (κ1) is 23.6. The van der Waals surface area contributed by atoms with Crippen molar-refractivity contribution in [2.45, 2.75) is 12.5 Å². The maximum atomic E-state index is 12.5. The number of amides is 1. The van der Waals surface area contributed by atoms with E-state index in [0.717, 1.165) is 42.4 Å². The zero-order valence-corrected chi connectivity index (χ0v) is 18.7. The molecule has 2 N–H and O–H groups in total. The number of halogens is 2. The van der Waals surface area contributed by atoms with Gasteiger partial charge in [0.05, 0.1) is 27.8 Å². The van der Waals surface area contributed by atoms with Crippen LogP contribution in [0.5, 0.6) is 0 Å². The van der Waals surface area contributed by atoms with E-state index in [-0.39, 0.29) is 36.8 Å². The highest BCUT2D eigenvalue weighted by atomic mass is 35.5. The third kappa shape index (κ3) is 5.67. The molecule has 158 valence electrons. The largest absolute Gasteiger partial charge is 0.355 e. The molecule has 1 unspecified atom stereocenters. The Morgan fingerprint density at radius 3 is 2.93 bits per heavy atom. The summed E-state index contributed by atoms with van der Waals surface area (Å²) in [4.78, 5) is 23.7. The molecule has 0 aliphatic carbocycles. The van der Waals surface area contributed by atoms with E-state index in [0.29, 0.717) is 13.1 Å². The maximum absolute atomic E-state index is 12.5. The number of aryl methyl sites for hydroxylation is 1. The third-order valence-electron chi connectivity index (χ3n) is 4.86. The first-order valence-corrected chi connectivity index (χ1v) is 10.1. The number of carbonyl (C=O) groups excluding carboxylic acids is 1. The highest BCUT2D eigenvalue weighted by Gasteiger charge is 2.28. The van der Waals surface area contributed by atoms with E-state index in [1.165, 1.54) is 4.70 Å². The Morgan fingerprint density at radius 1 is 1.34 bits per heavy atom. The van der Waals surface area contributed by atoms with Gasteiger partial charge < -0.3 is 15.2 Å². The first-order chi connectivity index (χ1) is 13.2. The van der Waals surface area contributed by atoms with Crippen molar-refractivity contribution in [1.29, 1.82) is 0 Å². The molecular formula is C19H26Cl2N6OS. The molecule has 1 aliphatic rings. The topological polar surface area (TPSA) is 75.1 Å². The lowest BCUT2D eigenvalue weighted by molar-refractivity contribution is -0.123. The molecule has 1 aliphatic heterocycles. The van der Waals surface area contributed by atoms with Crippen LogP contribution >= 0.6 is 36.2 Å². The van der Waals surface area contributed by atoms with Gasteiger partial charge in [0.15, 0.2) is 0 Å². The number of fused-ring (bicyclic) bond motifs is 1. The summed E-state index contributed by atoms with van der Waals surface area (Å²) in [5, 5.41) is 7.50. The minimum Gasteiger partial charge on any atom is -0.355 e. The number of benzene rings is 1. The molecule has 1 amide bonds. The molecule has 3 heterocycles. The van der Waals surface area contributed by atoms with Gasteiger partial charge in [-0.2, -0.15) is 0 Å². The van der Waals surface area contributed by atoms with E-state index in [9.17, 15) is 4.79 Å². The fourth-order valence-electron chi connectivity index (χ4n) is 3.46. The van der Waals surface area contributed by atoms with Gasteiger partial charge in [0.25, 0.3) is 0 Å². The molecule has 1 aromatic carbocycles. The molecule has 3 aromatic rings. The Bertz CT molecular complexity index is 897. The lowest BCUT2D eigenvalue weighted by Crippen LogP contribution is -2.50. The molecule has 7 nitrogen and oxygen atoms in total. The second-order valence-corrected chi connectivity index (χ2v) is 7.88. The van der Waals surface area contributed by atoms with Crippen LogP contribution in [0.1, 0.15) is 16.9 Å². The van der Waals surface area contributed by atoms with Crippen LogP contribution in [0.3, 0.4) is 0 Å². The number of imidazole rings is 1. The van der Waals surface area contributed by atoms with Crippen molar-refractivity contribution in [2.24, 2.45) is 7.05 Å². The molecule has 1 saturated heterocycles. The number of nitrogens with zero attached hydrogens (tertiary/aromatic N) is 4. The van der Waals surface area contributed by atoms with Crippen LogP contribution in [-0.4, -0.2) is 58.1 Å². The van der Waals surface area contributed by atoms with E-state index in [1.54, 1.807) is 17.5 Å². The van der Waals surface area contributed by atoms with Crippen molar-refractivity contribution in [3.8, 4) is 0 Å². The van der Waals surface area contributed by atoms with E-state index < -0.39 is 0 Å². The Morgan fingerprint density at radius 2 is 2.17 bits per heavy atom. The number of carbonyl (C=O) groups is 1. The highest BCUT2D eigenvalue weighted by Crippen LogP contribution is 2.22. The van der Waals surface area contributed by atoms with Crippen LogP contribution < -0.4 is 10.6 Å². The molecule has 0 saturated carbocycles. The minimum absolute atomic E-state index is 0. The van der Waals surface area contributed by atoms with Crippen molar-refractivity contribution in [2.75, 3.05) is 32.7 Å². The number of para-hydroxylation sites is 1. The molecule has 29 heavy (non-hydrogen) atoms. The molecule has 2 aromatic heterocycles. The van der Waals surface area contributed by atoms with Gasteiger partial charge in [0.2, 0.25) is 5.91 Å². The smallest absolute Gasteiger partial charge is 0.234 e. The van der Waals surface area contributed by atoms with E-state index in [4.69, 9.17) is 0 Å². The lowest BCUT2D eigenvalue weighted by Gasteiger charge is -2.35. The van der Waals surface area contributed by atoms with Gasteiger partial charge in [-0.05, 0) is 12.1 Å². The first-order valence-electron chi connectivity index (χ1n) is 9.24. The third-order valence-corrected chi connectivity index (χ3v) is 5.95. The molecule has 1 fully saturated rings. The molecule has 4 rings (SSSR count). The van der Waals surface area contributed by atoms with Crippen molar-refractivity contribution in [3.05, 3.63) is 47.5 Å². The van der Waals surface area contributed by atoms with Crippen molar-refractivity contribution in [1.82, 2.24) is 30.1 Å². The Labute approximate surface area is 186 Å². The summed E-state index contributed by atoms with van der Waals surface area (Å²) in [6, 6.07) is 8.25. The normalized spacial score (nSPS) is 16.8. The molecular weight excluding hydrogens is 431 g/mol. The Kier molecular flexibility index (Phi) is 8.85. The van der Waals surface area contributed by atoms with Crippen LogP contribution in [0.4, 0.5) is 0 Å². The molecule has 10 heteroatoms. The second-order valence-electron chi connectivity index (χ2n) is 6.76. The van der Waals surface area contributed by atoms with Gasteiger partial charge in [-0.15, -0.1) is 36.2 Å². The van der Waals surface area contributed by atoms with Gasteiger partial charge in [0.1, 0.15) is 5.82 Å². The van der Waals surface area contributed by atoms with E-state index >= 15 is 0 Å². The number of piperazine rings is 1. The Balaban J connectivity index is 0.00000150. The second kappa shape index (κ2) is 10.9. The van der Waals surface area contributed by atoms with E-state index in [1.807, 2.05) is 36.0 Å². The van der Waals surface area contributed by atoms with Gasteiger partial charge in [-0.3, -0.25) is 9.69 Å². The quantitative estimate of drug-likeness (QED) is 0.594. The summed E-state index contributed by atoms with van der Waals surface area (Å²) in [7, 11) is 1.99. The maximum Gasteiger partial charge on any atom is 0.234 e. The summed E-state index contributed by atoms with van der Waals surface area (Å²) in [5.74, 6) is 1.04. The molecule has 1 atom stereocenters. The SMILES string of the molecule is Cl.Cl.Cn1ccnc1C1CNCCN1CC(=O)NCCc1nc2ccccc2s1. The summed E-state index contributed by atoms with van der Waals surface area (Å²) >= 11 is 1.69. The predicted octanol–water partition coefficient (Wildman–Crippen LogP) is 2.18. The summed E-state index contributed by atoms with van der Waals surface area (Å²) in [6.07, 6.45) is 4.51. The van der Waals surface area contributed by atoms with Crippen molar-refractivity contribution < 1.29 is 4.79 Å². The van der Waals surface area contributed by atoms with E-state index in [2.05, 4.69) is 31.6 Å². The van der Waals surface area contributed by atoms with Gasteiger partial charge >= 0.3 is 0 Å². The monoisotopic (exact) mass is 456 g/mol. The van der Waals surface area contributed by atoms with Gasteiger partial charge in [0, 0.05) is 52.0 Å². The van der Waals surface area contributed by atoms with Crippen LogP contribution in [0, 0.1) is 0 Å². The number of thiazole rings is 1. The van der Waals surface area contributed by atoms with Gasteiger partial charge in [-0.25, -0.2) is 9.97 Å². The fraction of sp³-hybridized carbons (Fsp3) is 0.421. The fourth-order valence-corrected chi connectivity index (χ4v) is 4.43. The molecule has 0 bridgehead atoms. The lowest BCUT2D eigenvalue weighted by atomic mass is 10.1. The summed E-state index contributed by atoms with van der Waals surface area (Å²) < 4.78 is 3.22. The standard InChI is InChI=1S/C19H24N6OS.2ClH/c1-24-10-9-22-19(24)15-12-20-8-11-25(15)13-17(26)21-7-6-18-23-14-4-2-3-5-16(14)27-18;;/h2-5,9-10,15,20H,6-8,11-13H2,1H3,(H,21,26);2*1H. The number of hydrogen-bond donors (Lipinski definition) is 2. The van der Waals surface area contributed by atoms with Crippen molar-refractivity contribution in [3.63, 3.8) is 0 Å². The average Bonchev–Trinajstić information content (AvgIpc) is 3.27. The number of hydrogen-bond acceptors (Lipinski definition) is 6. The average molecular weight is 457 g/mol. The van der Waals surface area contributed by atoms with Crippen LogP contribution in [0.25, 0.3) is 10.2 Å². The van der Waals surface area contributed by atoms with Gasteiger partial charge in [-0.1, -0.05) is 12.1 Å². The highest BCUT2D eigenvalue weighted by molar-refractivity contribution is 7.18. The molecule has 0 spiro atoms. The zero-order chi connectivity index (χ0) is 18.6. The molecule has 0 radical (unpaired) electrons. The van der Waals surface area contributed by atoms with Crippen molar-refractivity contribution >= 4 is 52.3 Å².